The Morgan fingerprint density at radius 3 is 2.73 bits per heavy atom. The lowest BCUT2D eigenvalue weighted by molar-refractivity contribution is -0.131. The van der Waals surface area contributed by atoms with Crippen LogP contribution in [0.15, 0.2) is 42.7 Å². The minimum Gasteiger partial charge on any atom is -0.462 e. The molecule has 0 bridgehead atoms. The summed E-state index contributed by atoms with van der Waals surface area (Å²) >= 11 is 13.1. The highest BCUT2D eigenvalue weighted by molar-refractivity contribution is 6.46. The van der Waals surface area contributed by atoms with E-state index in [1.807, 2.05) is 24.3 Å². The van der Waals surface area contributed by atoms with Gasteiger partial charge in [-0.2, -0.15) is 9.97 Å². The van der Waals surface area contributed by atoms with Gasteiger partial charge in [0.1, 0.15) is 18.5 Å². The monoisotopic (exact) mass is 637 g/mol. The molecule has 0 saturated carbocycles. The number of fused-ring (bicyclic) bond motifs is 2. The van der Waals surface area contributed by atoms with E-state index in [0.717, 1.165) is 52.9 Å². The summed E-state index contributed by atoms with van der Waals surface area (Å²) in [6.07, 6.45) is 2.85. The second-order valence-electron chi connectivity index (χ2n) is 11.6. The first-order chi connectivity index (χ1) is 21.2. The molecular formula is C32H34Cl2FN7O2. The molecule has 0 N–H and O–H groups in total. The van der Waals surface area contributed by atoms with Crippen LogP contribution in [0.25, 0.3) is 15.6 Å². The Morgan fingerprint density at radius 1 is 1.14 bits per heavy atom. The van der Waals surface area contributed by atoms with Crippen molar-refractivity contribution in [2.24, 2.45) is 0 Å². The van der Waals surface area contributed by atoms with Crippen molar-refractivity contribution in [3.05, 3.63) is 75.5 Å². The average molecular weight is 639 g/mol. The Kier molecular flexibility index (Phi) is 8.81. The molecule has 3 aliphatic rings. The quantitative estimate of drug-likeness (QED) is 0.254. The summed E-state index contributed by atoms with van der Waals surface area (Å²) in [7, 11) is 2.10. The van der Waals surface area contributed by atoms with Gasteiger partial charge in [0.15, 0.2) is 5.83 Å². The third kappa shape index (κ3) is 5.88. The minimum atomic E-state index is -1.02. The van der Waals surface area contributed by atoms with Gasteiger partial charge in [-0.05, 0) is 50.4 Å². The number of ether oxygens (including phenoxy) is 1. The van der Waals surface area contributed by atoms with E-state index in [2.05, 4.69) is 39.2 Å². The maximum Gasteiger partial charge on any atom is 0.318 e. The lowest BCUT2D eigenvalue weighted by atomic mass is 10.0. The fraction of sp³-hybridized carbons (Fsp3) is 0.438. The van der Waals surface area contributed by atoms with Gasteiger partial charge in [0, 0.05) is 48.9 Å². The van der Waals surface area contributed by atoms with Crippen LogP contribution in [0.4, 0.5) is 15.9 Å². The van der Waals surface area contributed by atoms with Crippen molar-refractivity contribution < 1.29 is 13.9 Å². The lowest BCUT2D eigenvalue weighted by Gasteiger charge is -2.41. The second-order valence-corrected chi connectivity index (χ2v) is 12.4. The molecule has 0 spiro atoms. The van der Waals surface area contributed by atoms with Gasteiger partial charge in [-0.25, -0.2) is 11.0 Å². The van der Waals surface area contributed by atoms with Gasteiger partial charge in [0.25, 0.3) is 5.91 Å². The molecule has 230 valence electrons. The normalized spacial score (nSPS) is 20.5. The zero-order valence-electron chi connectivity index (χ0n) is 24.6. The Morgan fingerprint density at radius 2 is 1.98 bits per heavy atom. The van der Waals surface area contributed by atoms with Crippen molar-refractivity contribution >= 4 is 51.4 Å². The van der Waals surface area contributed by atoms with E-state index < -0.39 is 17.8 Å². The molecule has 0 aliphatic carbocycles. The molecule has 2 saturated heterocycles. The van der Waals surface area contributed by atoms with Crippen molar-refractivity contribution in [1.82, 2.24) is 19.8 Å². The number of rotatable bonds is 7. The lowest BCUT2D eigenvalue weighted by Crippen LogP contribution is -2.57. The molecule has 4 heterocycles. The maximum absolute atomic E-state index is 13.8. The van der Waals surface area contributed by atoms with Crippen molar-refractivity contribution in [2.45, 2.75) is 37.9 Å². The minimum absolute atomic E-state index is 0.0539. The van der Waals surface area contributed by atoms with Crippen molar-refractivity contribution in [2.75, 3.05) is 62.7 Å². The number of nitrogens with zero attached hydrogens (tertiary/aromatic N) is 7. The van der Waals surface area contributed by atoms with E-state index in [4.69, 9.17) is 44.5 Å². The van der Waals surface area contributed by atoms with E-state index in [1.165, 1.54) is 4.90 Å². The Hall–Kier alpha value is -3.65. The Bertz CT molecular complexity index is 1650. The molecule has 6 rings (SSSR count). The van der Waals surface area contributed by atoms with Crippen LogP contribution < -0.4 is 14.5 Å². The van der Waals surface area contributed by atoms with Crippen LogP contribution in [0.5, 0.6) is 6.01 Å². The molecular weight excluding hydrogens is 604 g/mol. The van der Waals surface area contributed by atoms with Crippen molar-refractivity contribution in [1.29, 1.82) is 0 Å². The van der Waals surface area contributed by atoms with E-state index in [1.54, 1.807) is 0 Å². The highest BCUT2D eigenvalue weighted by Gasteiger charge is 2.36. The number of hydrogen-bond donors (Lipinski definition) is 0. The highest BCUT2D eigenvalue weighted by Crippen LogP contribution is 2.40. The van der Waals surface area contributed by atoms with Crippen molar-refractivity contribution in [3.8, 4) is 6.01 Å². The van der Waals surface area contributed by atoms with Crippen LogP contribution in [0.1, 0.15) is 24.1 Å². The van der Waals surface area contributed by atoms with E-state index in [0.29, 0.717) is 61.3 Å². The summed E-state index contributed by atoms with van der Waals surface area (Å²) in [6, 6.07) is 9.97. The summed E-state index contributed by atoms with van der Waals surface area (Å²) in [5.74, 6) is -1.04. The fourth-order valence-electron chi connectivity index (χ4n) is 6.57. The Labute approximate surface area is 266 Å². The Balaban J connectivity index is 1.35. The molecule has 44 heavy (non-hydrogen) atoms. The number of benzene rings is 2. The molecule has 12 heteroatoms. The number of halogens is 3. The highest BCUT2D eigenvalue weighted by atomic mass is 35.5. The number of carbonyl (C=O) groups excluding carboxylic acids is 1. The number of piperazine rings is 1. The first kappa shape index (κ1) is 30.4. The molecule has 2 aromatic carbocycles. The predicted molar refractivity (Wildman–Crippen MR) is 171 cm³/mol. The van der Waals surface area contributed by atoms with Crippen LogP contribution in [-0.4, -0.2) is 90.7 Å². The van der Waals surface area contributed by atoms with E-state index in [-0.39, 0.29) is 13.1 Å². The van der Waals surface area contributed by atoms with E-state index >= 15 is 0 Å². The molecule has 3 aliphatic heterocycles. The molecule has 0 unspecified atom stereocenters. The molecule has 1 aromatic heterocycles. The average Bonchev–Trinajstić information content (AvgIpc) is 3.44. The first-order valence-corrected chi connectivity index (χ1v) is 15.6. The van der Waals surface area contributed by atoms with Gasteiger partial charge in [0.05, 0.1) is 22.3 Å². The maximum atomic E-state index is 13.8. The summed E-state index contributed by atoms with van der Waals surface area (Å²) in [4.78, 5) is 33.9. The van der Waals surface area contributed by atoms with Gasteiger partial charge >= 0.3 is 6.01 Å². The smallest absolute Gasteiger partial charge is 0.318 e. The molecule has 0 radical (unpaired) electrons. The van der Waals surface area contributed by atoms with Crippen molar-refractivity contribution in [3.63, 3.8) is 0 Å². The van der Waals surface area contributed by atoms with Gasteiger partial charge in [-0.1, -0.05) is 48.0 Å². The largest absolute Gasteiger partial charge is 0.462 e. The SMILES string of the molecule is [C-]#[N+]C[C@H]1CN(c2nc(OC[C@@H]3CCCN3C)nc3c2CCN(c2cccc4ccc(Cl)c(Cl)c24)C3)CCN1C(=O)C(=C)F. The summed E-state index contributed by atoms with van der Waals surface area (Å²) in [5, 5.41) is 2.93. The third-order valence-electron chi connectivity index (χ3n) is 8.93. The number of likely N-dealkylation sites (tertiary alicyclic amines) is 1. The van der Waals surface area contributed by atoms with Crippen LogP contribution in [0.2, 0.25) is 10.0 Å². The third-order valence-corrected chi connectivity index (χ3v) is 9.73. The van der Waals surface area contributed by atoms with Crippen LogP contribution in [0.3, 0.4) is 0 Å². The number of aromatic nitrogens is 2. The summed E-state index contributed by atoms with van der Waals surface area (Å²) in [5.41, 5.74) is 2.84. The second kappa shape index (κ2) is 12.8. The molecule has 2 fully saturated rings. The van der Waals surface area contributed by atoms with Gasteiger partial charge in [-0.3, -0.25) is 4.79 Å². The summed E-state index contributed by atoms with van der Waals surface area (Å²) < 4.78 is 20.1. The topological polar surface area (TPSA) is 69.4 Å². The summed E-state index contributed by atoms with van der Waals surface area (Å²) in [6.45, 7) is 14.5. The van der Waals surface area contributed by atoms with Gasteiger partial charge < -0.3 is 29.2 Å². The molecule has 2 atom stereocenters. The van der Waals surface area contributed by atoms with Crippen LogP contribution in [0, 0.1) is 6.57 Å². The first-order valence-electron chi connectivity index (χ1n) is 14.8. The zero-order chi connectivity index (χ0) is 31.0. The molecule has 1 amide bonds. The fourth-order valence-corrected chi connectivity index (χ4v) is 6.99. The number of likely N-dealkylation sites (N-methyl/N-ethyl adjacent to an activating group) is 1. The number of amides is 1. The van der Waals surface area contributed by atoms with Crippen LogP contribution in [-0.2, 0) is 17.8 Å². The number of carbonyl (C=O) groups is 1. The number of anilines is 2. The van der Waals surface area contributed by atoms with Gasteiger partial charge in [-0.15, -0.1) is 0 Å². The van der Waals surface area contributed by atoms with Crippen LogP contribution >= 0.6 is 23.2 Å². The van der Waals surface area contributed by atoms with E-state index in [9.17, 15) is 9.18 Å². The number of hydrogen-bond acceptors (Lipinski definition) is 7. The van der Waals surface area contributed by atoms with Gasteiger partial charge in [0.2, 0.25) is 6.54 Å². The molecule has 3 aromatic rings. The molecule has 9 nitrogen and oxygen atoms in total. The standard InChI is InChI=1S/C32H34Cl2FN7O2/c1-20(35)31(43)42-15-14-41(17-23(42)16-36-2)30-24-11-13-40(27-8-4-6-21-9-10-25(33)29(34)28(21)27)18-26(24)37-32(38-30)44-19-22-7-5-12-39(22)3/h4,6,8-10,22-23H,1,5,7,11-19H2,3H3/t22-,23-/m0/s1. The zero-order valence-corrected chi connectivity index (χ0v) is 26.1. The predicted octanol–water partition coefficient (Wildman–Crippen LogP) is 5.39.